The molecule has 0 aromatic carbocycles. The fraction of sp³-hybridized carbons (Fsp3) is 0.333. The SMILES string of the molecule is Cc1cc(N(CC(N)=O)CC(N)=O)nc(NN)n1. The van der Waals surface area contributed by atoms with Crippen LogP contribution in [-0.4, -0.2) is 34.9 Å². The molecule has 0 aliphatic heterocycles. The van der Waals surface area contributed by atoms with E-state index in [1.54, 1.807) is 13.0 Å². The molecule has 0 fully saturated rings. The number of carbonyl (C=O) groups is 2. The van der Waals surface area contributed by atoms with Crippen molar-refractivity contribution >= 4 is 23.6 Å². The zero-order valence-corrected chi connectivity index (χ0v) is 9.88. The van der Waals surface area contributed by atoms with Gasteiger partial charge in [0.25, 0.3) is 0 Å². The van der Waals surface area contributed by atoms with Crippen molar-refractivity contribution < 1.29 is 9.59 Å². The number of aryl methyl sites for hydroxylation is 1. The number of amides is 2. The van der Waals surface area contributed by atoms with Gasteiger partial charge in [-0.05, 0) is 6.92 Å². The highest BCUT2D eigenvalue weighted by Crippen LogP contribution is 2.13. The molecule has 0 unspecified atom stereocenters. The molecular formula is C9H15N7O2. The monoisotopic (exact) mass is 253 g/mol. The number of nitrogens with one attached hydrogen (secondary N) is 1. The number of carbonyl (C=O) groups excluding carboxylic acids is 2. The van der Waals surface area contributed by atoms with Crippen molar-refractivity contribution in [3.8, 4) is 0 Å². The Bertz CT molecular complexity index is 446. The van der Waals surface area contributed by atoms with E-state index in [9.17, 15) is 9.59 Å². The third kappa shape index (κ3) is 3.87. The van der Waals surface area contributed by atoms with Crippen molar-refractivity contribution in [3.05, 3.63) is 11.8 Å². The van der Waals surface area contributed by atoms with E-state index in [4.69, 9.17) is 17.3 Å². The number of rotatable bonds is 6. The van der Waals surface area contributed by atoms with Crippen LogP contribution in [-0.2, 0) is 9.59 Å². The molecule has 0 aliphatic carbocycles. The Morgan fingerprint density at radius 3 is 2.28 bits per heavy atom. The summed E-state index contributed by atoms with van der Waals surface area (Å²) in [4.78, 5) is 31.3. The van der Waals surface area contributed by atoms with E-state index < -0.39 is 11.8 Å². The Balaban J connectivity index is 3.06. The molecule has 1 rings (SSSR count). The van der Waals surface area contributed by atoms with Gasteiger partial charge in [0.1, 0.15) is 5.82 Å². The first-order valence-corrected chi connectivity index (χ1v) is 5.06. The van der Waals surface area contributed by atoms with Crippen LogP contribution in [0.3, 0.4) is 0 Å². The average Bonchev–Trinajstić information content (AvgIpc) is 2.26. The molecule has 2 amide bonds. The second-order valence-corrected chi connectivity index (χ2v) is 3.62. The van der Waals surface area contributed by atoms with Crippen LogP contribution in [0.1, 0.15) is 5.69 Å². The van der Waals surface area contributed by atoms with E-state index in [-0.39, 0.29) is 19.0 Å². The summed E-state index contributed by atoms with van der Waals surface area (Å²) in [5, 5.41) is 0. The van der Waals surface area contributed by atoms with Crippen molar-refractivity contribution in [1.82, 2.24) is 9.97 Å². The first kappa shape index (κ1) is 13.6. The number of aromatic nitrogens is 2. The maximum Gasteiger partial charge on any atom is 0.239 e. The minimum atomic E-state index is -0.602. The fourth-order valence-corrected chi connectivity index (χ4v) is 1.37. The molecule has 0 aliphatic rings. The van der Waals surface area contributed by atoms with E-state index in [2.05, 4.69) is 15.4 Å². The molecule has 0 spiro atoms. The second kappa shape index (κ2) is 5.77. The third-order valence-electron chi connectivity index (χ3n) is 1.99. The van der Waals surface area contributed by atoms with Crippen molar-refractivity contribution in [1.29, 1.82) is 0 Å². The predicted molar refractivity (Wildman–Crippen MR) is 65.2 cm³/mol. The van der Waals surface area contributed by atoms with Gasteiger partial charge < -0.3 is 16.4 Å². The molecular weight excluding hydrogens is 238 g/mol. The summed E-state index contributed by atoms with van der Waals surface area (Å²) in [7, 11) is 0. The van der Waals surface area contributed by atoms with Gasteiger partial charge in [-0.25, -0.2) is 10.8 Å². The predicted octanol–water partition coefficient (Wildman–Crippen LogP) is -2.15. The molecule has 0 atom stereocenters. The molecule has 1 aromatic heterocycles. The van der Waals surface area contributed by atoms with Crippen LogP contribution in [0.25, 0.3) is 0 Å². The van der Waals surface area contributed by atoms with Crippen LogP contribution in [0, 0.1) is 6.92 Å². The number of nitrogens with zero attached hydrogens (tertiary/aromatic N) is 3. The number of nitrogens with two attached hydrogens (primary N) is 3. The summed E-state index contributed by atoms with van der Waals surface area (Å²) in [5.41, 5.74) is 13.1. The molecule has 0 saturated heterocycles. The topological polar surface area (TPSA) is 153 Å². The first-order valence-electron chi connectivity index (χ1n) is 5.06. The molecule has 9 heteroatoms. The Labute approximate surface area is 103 Å². The van der Waals surface area contributed by atoms with E-state index in [1.165, 1.54) is 4.90 Å². The molecule has 18 heavy (non-hydrogen) atoms. The highest BCUT2D eigenvalue weighted by Gasteiger charge is 2.15. The van der Waals surface area contributed by atoms with Crippen LogP contribution in [0.2, 0.25) is 0 Å². The number of anilines is 2. The molecule has 0 bridgehead atoms. The lowest BCUT2D eigenvalue weighted by Crippen LogP contribution is -2.40. The van der Waals surface area contributed by atoms with E-state index >= 15 is 0 Å². The summed E-state index contributed by atoms with van der Waals surface area (Å²) >= 11 is 0. The Morgan fingerprint density at radius 2 is 1.83 bits per heavy atom. The minimum absolute atomic E-state index is 0.170. The van der Waals surface area contributed by atoms with E-state index in [1.807, 2.05) is 0 Å². The van der Waals surface area contributed by atoms with Crippen LogP contribution < -0.4 is 27.6 Å². The Hall–Kier alpha value is -2.42. The number of primary amides is 2. The van der Waals surface area contributed by atoms with Gasteiger partial charge >= 0.3 is 0 Å². The standard InChI is InChI=1S/C9H15N7O2/c1-5-2-8(14-9(13-5)15-12)16(3-6(10)17)4-7(11)18/h2H,3-4,12H2,1H3,(H2,10,17)(H2,11,18)(H,13,14,15). The number of hydrogen-bond acceptors (Lipinski definition) is 7. The van der Waals surface area contributed by atoms with Gasteiger partial charge in [-0.2, -0.15) is 4.98 Å². The van der Waals surface area contributed by atoms with Gasteiger partial charge in [0.2, 0.25) is 17.8 Å². The summed E-state index contributed by atoms with van der Waals surface area (Å²) in [6.07, 6.45) is 0. The minimum Gasteiger partial charge on any atom is -0.368 e. The van der Waals surface area contributed by atoms with Crippen LogP contribution in [0.15, 0.2) is 6.07 Å². The second-order valence-electron chi connectivity index (χ2n) is 3.62. The summed E-state index contributed by atoms with van der Waals surface area (Å²) in [6.45, 7) is 1.37. The Kier molecular flexibility index (Phi) is 4.38. The first-order chi connectivity index (χ1) is 8.42. The maximum absolute atomic E-state index is 10.9. The van der Waals surface area contributed by atoms with Crippen molar-refractivity contribution in [3.63, 3.8) is 0 Å². The van der Waals surface area contributed by atoms with Gasteiger partial charge in [-0.3, -0.25) is 15.0 Å². The molecule has 1 heterocycles. The van der Waals surface area contributed by atoms with Crippen LogP contribution in [0.5, 0.6) is 0 Å². The third-order valence-corrected chi connectivity index (χ3v) is 1.99. The van der Waals surface area contributed by atoms with Crippen molar-refractivity contribution in [2.45, 2.75) is 6.92 Å². The lowest BCUT2D eigenvalue weighted by Gasteiger charge is -2.21. The number of nitrogen functional groups attached to an aromatic ring is 1. The Morgan fingerprint density at radius 1 is 1.28 bits per heavy atom. The molecule has 0 radical (unpaired) electrons. The normalized spacial score (nSPS) is 9.89. The largest absolute Gasteiger partial charge is 0.368 e. The smallest absolute Gasteiger partial charge is 0.239 e. The quantitative estimate of drug-likeness (QED) is 0.333. The lowest BCUT2D eigenvalue weighted by molar-refractivity contribution is -0.117. The van der Waals surface area contributed by atoms with Gasteiger partial charge in [-0.1, -0.05) is 0 Å². The molecule has 0 saturated carbocycles. The summed E-state index contributed by atoms with van der Waals surface area (Å²) < 4.78 is 0. The molecule has 1 aromatic rings. The maximum atomic E-state index is 10.9. The number of hydrazine groups is 1. The van der Waals surface area contributed by atoms with Crippen LogP contribution in [0.4, 0.5) is 11.8 Å². The van der Waals surface area contributed by atoms with Gasteiger partial charge in [-0.15, -0.1) is 0 Å². The van der Waals surface area contributed by atoms with Gasteiger partial charge in [0.05, 0.1) is 13.1 Å². The lowest BCUT2D eigenvalue weighted by atomic mass is 10.3. The van der Waals surface area contributed by atoms with Crippen LogP contribution >= 0.6 is 0 Å². The average molecular weight is 253 g/mol. The van der Waals surface area contributed by atoms with Gasteiger partial charge in [0, 0.05) is 11.8 Å². The highest BCUT2D eigenvalue weighted by atomic mass is 16.2. The van der Waals surface area contributed by atoms with E-state index in [0.717, 1.165) is 0 Å². The van der Waals surface area contributed by atoms with Crippen molar-refractivity contribution in [2.24, 2.45) is 17.3 Å². The zero-order chi connectivity index (χ0) is 13.7. The summed E-state index contributed by atoms with van der Waals surface area (Å²) in [5.74, 6) is 4.52. The molecule has 7 N–H and O–H groups in total. The van der Waals surface area contributed by atoms with Crippen molar-refractivity contribution in [2.75, 3.05) is 23.4 Å². The summed E-state index contributed by atoms with van der Waals surface area (Å²) in [6, 6.07) is 1.59. The molecule has 9 nitrogen and oxygen atoms in total. The zero-order valence-electron chi connectivity index (χ0n) is 9.88. The fourth-order valence-electron chi connectivity index (χ4n) is 1.37. The highest BCUT2D eigenvalue weighted by molar-refractivity contribution is 5.84. The molecule has 98 valence electrons. The van der Waals surface area contributed by atoms with Gasteiger partial charge in [0.15, 0.2) is 0 Å². The van der Waals surface area contributed by atoms with E-state index in [0.29, 0.717) is 11.5 Å². The number of hydrogen-bond donors (Lipinski definition) is 4.